The fourth-order valence-electron chi connectivity index (χ4n) is 3.13. The minimum absolute atomic E-state index is 0.247. The molecule has 1 N–H and O–H groups in total. The van der Waals surface area contributed by atoms with E-state index in [0.29, 0.717) is 12.1 Å². The van der Waals surface area contributed by atoms with E-state index >= 15 is 0 Å². The lowest BCUT2D eigenvalue weighted by atomic mass is 10.2. The molecule has 1 aromatic carbocycles. The van der Waals surface area contributed by atoms with Crippen LogP contribution in [0.5, 0.6) is 5.75 Å². The van der Waals surface area contributed by atoms with Gasteiger partial charge in [0.25, 0.3) is 5.91 Å². The number of aromatic nitrogens is 1. The smallest absolute Gasteiger partial charge is 0.340 e. The van der Waals surface area contributed by atoms with Crippen LogP contribution < -0.4 is 10.1 Å². The number of ether oxygens (including phenoxy) is 2. The van der Waals surface area contributed by atoms with Crippen LogP contribution in [0.4, 0.5) is 0 Å². The Kier molecular flexibility index (Phi) is 6.66. The average molecular weight is 372 g/mol. The molecule has 0 aliphatic rings. The molecule has 1 atom stereocenters. The number of hydrogen-bond acceptors (Lipinski definition) is 4. The SMILES string of the molecule is COc1ccc(CNC(=O)[C@H](C)OC(=O)c2cc(C)n(C(C)C)c2C)cc1. The minimum Gasteiger partial charge on any atom is -0.497 e. The predicted molar refractivity (Wildman–Crippen MR) is 104 cm³/mol. The molecule has 0 fully saturated rings. The fraction of sp³-hybridized carbons (Fsp3) is 0.429. The van der Waals surface area contributed by atoms with Gasteiger partial charge in [0.15, 0.2) is 6.10 Å². The van der Waals surface area contributed by atoms with Crippen LogP contribution in [0.2, 0.25) is 0 Å². The van der Waals surface area contributed by atoms with Crippen LogP contribution in [0, 0.1) is 13.8 Å². The molecule has 0 saturated heterocycles. The number of methoxy groups -OCH3 is 1. The fourth-order valence-corrected chi connectivity index (χ4v) is 3.13. The number of aryl methyl sites for hydroxylation is 1. The molecule has 2 rings (SSSR count). The number of rotatable bonds is 7. The van der Waals surface area contributed by atoms with Crippen molar-refractivity contribution in [2.75, 3.05) is 7.11 Å². The number of carbonyl (C=O) groups is 2. The molecule has 6 heteroatoms. The molecule has 1 amide bonds. The quantitative estimate of drug-likeness (QED) is 0.755. The van der Waals surface area contributed by atoms with E-state index in [1.165, 1.54) is 0 Å². The van der Waals surface area contributed by atoms with Crippen LogP contribution >= 0.6 is 0 Å². The molecular formula is C21H28N2O4. The molecule has 2 aromatic rings. The van der Waals surface area contributed by atoms with Crippen molar-refractivity contribution in [3.05, 3.63) is 52.8 Å². The maximum Gasteiger partial charge on any atom is 0.340 e. The Morgan fingerprint density at radius 3 is 2.26 bits per heavy atom. The Hall–Kier alpha value is -2.76. The zero-order valence-electron chi connectivity index (χ0n) is 16.8. The number of carbonyl (C=O) groups excluding carboxylic acids is 2. The Balaban J connectivity index is 1.95. The lowest BCUT2D eigenvalue weighted by Crippen LogP contribution is -2.35. The van der Waals surface area contributed by atoms with Gasteiger partial charge in [0.2, 0.25) is 0 Å². The van der Waals surface area contributed by atoms with Crippen LogP contribution in [-0.2, 0) is 16.1 Å². The van der Waals surface area contributed by atoms with E-state index in [2.05, 4.69) is 23.7 Å². The normalized spacial score (nSPS) is 12.0. The van der Waals surface area contributed by atoms with Crippen molar-refractivity contribution in [3.8, 4) is 5.75 Å². The van der Waals surface area contributed by atoms with E-state index in [-0.39, 0.29) is 11.9 Å². The average Bonchev–Trinajstić information content (AvgIpc) is 2.94. The van der Waals surface area contributed by atoms with Gasteiger partial charge in [-0.25, -0.2) is 4.79 Å². The van der Waals surface area contributed by atoms with Crippen LogP contribution in [0.15, 0.2) is 30.3 Å². The van der Waals surface area contributed by atoms with Crippen LogP contribution in [0.3, 0.4) is 0 Å². The minimum atomic E-state index is -0.877. The van der Waals surface area contributed by atoms with Gasteiger partial charge < -0.3 is 19.4 Å². The first-order valence-corrected chi connectivity index (χ1v) is 9.04. The summed E-state index contributed by atoms with van der Waals surface area (Å²) in [5.74, 6) is -0.0645. The van der Waals surface area contributed by atoms with Crippen molar-refractivity contribution in [2.24, 2.45) is 0 Å². The summed E-state index contributed by atoms with van der Waals surface area (Å²) in [5, 5.41) is 2.78. The summed E-state index contributed by atoms with van der Waals surface area (Å²) in [6.07, 6.45) is -0.877. The monoisotopic (exact) mass is 372 g/mol. The van der Waals surface area contributed by atoms with Crippen molar-refractivity contribution < 1.29 is 19.1 Å². The Bertz CT molecular complexity index is 806. The second-order valence-electron chi connectivity index (χ2n) is 6.86. The summed E-state index contributed by atoms with van der Waals surface area (Å²) in [4.78, 5) is 24.7. The van der Waals surface area contributed by atoms with E-state index in [1.54, 1.807) is 20.1 Å². The highest BCUT2D eigenvalue weighted by molar-refractivity contribution is 5.93. The van der Waals surface area contributed by atoms with Gasteiger partial charge in [-0.05, 0) is 58.4 Å². The Morgan fingerprint density at radius 2 is 1.74 bits per heavy atom. The molecule has 0 radical (unpaired) electrons. The third-order valence-corrected chi connectivity index (χ3v) is 4.50. The van der Waals surface area contributed by atoms with Crippen LogP contribution in [-0.4, -0.2) is 29.7 Å². The molecule has 6 nitrogen and oxygen atoms in total. The van der Waals surface area contributed by atoms with Crippen molar-refractivity contribution >= 4 is 11.9 Å². The zero-order chi connectivity index (χ0) is 20.1. The number of hydrogen-bond donors (Lipinski definition) is 1. The van der Waals surface area contributed by atoms with Gasteiger partial charge in [0, 0.05) is 24.0 Å². The molecule has 27 heavy (non-hydrogen) atoms. The van der Waals surface area contributed by atoms with Crippen LogP contribution in [0.1, 0.15) is 54.1 Å². The second-order valence-corrected chi connectivity index (χ2v) is 6.86. The lowest BCUT2D eigenvalue weighted by Gasteiger charge is -2.15. The van der Waals surface area contributed by atoms with Gasteiger partial charge in [-0.15, -0.1) is 0 Å². The third-order valence-electron chi connectivity index (χ3n) is 4.50. The summed E-state index contributed by atoms with van der Waals surface area (Å²) in [5.41, 5.74) is 3.27. The van der Waals surface area contributed by atoms with Crippen LogP contribution in [0.25, 0.3) is 0 Å². The molecule has 1 aromatic heterocycles. The molecule has 0 unspecified atom stereocenters. The van der Waals surface area contributed by atoms with Crippen molar-refractivity contribution in [2.45, 2.75) is 53.3 Å². The van der Waals surface area contributed by atoms with E-state index in [4.69, 9.17) is 9.47 Å². The highest BCUT2D eigenvalue weighted by Gasteiger charge is 2.23. The first-order chi connectivity index (χ1) is 12.7. The standard InChI is InChI=1S/C21H28N2O4/c1-13(2)23-14(3)11-19(15(23)4)21(25)27-16(5)20(24)22-12-17-7-9-18(26-6)10-8-17/h7-11,13,16H,12H2,1-6H3,(H,22,24)/t16-/m0/s1. The highest BCUT2D eigenvalue weighted by atomic mass is 16.5. The number of esters is 1. The van der Waals surface area contributed by atoms with Crippen molar-refractivity contribution in [1.82, 2.24) is 9.88 Å². The van der Waals surface area contributed by atoms with Crippen molar-refractivity contribution in [1.29, 1.82) is 0 Å². The predicted octanol–water partition coefficient (Wildman–Crippen LogP) is 3.56. The van der Waals surface area contributed by atoms with E-state index in [9.17, 15) is 9.59 Å². The summed E-state index contributed by atoms with van der Waals surface area (Å²) >= 11 is 0. The summed E-state index contributed by atoms with van der Waals surface area (Å²) in [6.45, 7) is 9.89. The molecule has 0 aliphatic heterocycles. The summed E-state index contributed by atoms with van der Waals surface area (Å²) in [7, 11) is 1.60. The van der Waals surface area contributed by atoms with Gasteiger partial charge in [0.1, 0.15) is 5.75 Å². The van der Waals surface area contributed by atoms with Gasteiger partial charge in [-0.3, -0.25) is 4.79 Å². The van der Waals surface area contributed by atoms with Crippen molar-refractivity contribution in [3.63, 3.8) is 0 Å². The van der Waals surface area contributed by atoms with Gasteiger partial charge in [0.05, 0.1) is 12.7 Å². The maximum absolute atomic E-state index is 12.5. The molecule has 146 valence electrons. The molecule has 1 heterocycles. The first-order valence-electron chi connectivity index (χ1n) is 9.04. The molecule has 0 aliphatic carbocycles. The summed E-state index contributed by atoms with van der Waals surface area (Å²) < 4.78 is 12.5. The number of amides is 1. The lowest BCUT2D eigenvalue weighted by molar-refractivity contribution is -0.129. The number of nitrogens with one attached hydrogen (secondary N) is 1. The maximum atomic E-state index is 12.5. The van der Waals surface area contributed by atoms with Gasteiger partial charge in [-0.1, -0.05) is 12.1 Å². The number of nitrogens with zero attached hydrogens (tertiary/aromatic N) is 1. The Labute approximate surface area is 160 Å². The molecule has 0 spiro atoms. The largest absolute Gasteiger partial charge is 0.497 e. The summed E-state index contributed by atoms with van der Waals surface area (Å²) in [6, 6.07) is 9.45. The molecular weight excluding hydrogens is 344 g/mol. The van der Waals surface area contributed by atoms with E-state index in [0.717, 1.165) is 22.7 Å². The second kappa shape index (κ2) is 8.75. The van der Waals surface area contributed by atoms with E-state index in [1.807, 2.05) is 38.1 Å². The topological polar surface area (TPSA) is 69.6 Å². The first kappa shape index (κ1) is 20.6. The van der Waals surface area contributed by atoms with Gasteiger partial charge in [-0.2, -0.15) is 0 Å². The van der Waals surface area contributed by atoms with E-state index < -0.39 is 12.1 Å². The third kappa shape index (κ3) is 4.90. The highest BCUT2D eigenvalue weighted by Crippen LogP contribution is 2.21. The zero-order valence-corrected chi connectivity index (χ0v) is 16.8. The number of benzene rings is 1. The van der Waals surface area contributed by atoms with Gasteiger partial charge >= 0.3 is 5.97 Å². The molecule has 0 saturated carbocycles. The Morgan fingerprint density at radius 1 is 1.11 bits per heavy atom. The molecule has 0 bridgehead atoms.